The molecule has 62 heavy (non-hydrogen) atoms. The molecule has 336 valence electrons. The molecular weight excluding hydrogens is 785 g/mol. The van der Waals surface area contributed by atoms with Crippen LogP contribution in [-0.2, 0) is 28.7 Å². The van der Waals surface area contributed by atoms with Crippen LogP contribution in [0.25, 0.3) is 33.6 Å². The Morgan fingerprint density at radius 1 is 0.774 bits per heavy atom. The number of H-pyrrole nitrogens is 2. The van der Waals surface area contributed by atoms with Crippen LogP contribution in [0, 0.1) is 11.8 Å². The monoisotopic (exact) mass is 853 g/mol. The maximum atomic E-state index is 13.4. The maximum Gasteiger partial charge on any atom is 0.292 e. The molecule has 2 amide bonds. The summed E-state index contributed by atoms with van der Waals surface area (Å²) >= 11 is 0. The van der Waals surface area contributed by atoms with E-state index in [4.69, 9.17) is 14.8 Å². The zero-order valence-corrected chi connectivity index (χ0v) is 38.1. The molecule has 2 saturated heterocycles. The van der Waals surface area contributed by atoms with E-state index in [0.717, 1.165) is 54.3 Å². The van der Waals surface area contributed by atoms with Crippen molar-refractivity contribution in [2.24, 2.45) is 11.8 Å². The molecule has 4 aromatic rings. The summed E-state index contributed by atoms with van der Waals surface area (Å²) in [5, 5.41) is 5.60. The minimum Gasteiger partial charge on any atom is -0.471 e. The lowest BCUT2D eigenvalue weighted by molar-refractivity contribution is -0.137. The number of ether oxygens (including phenoxy) is 2. The number of imidazole rings is 2. The molecule has 3 fully saturated rings. The van der Waals surface area contributed by atoms with Gasteiger partial charge in [-0.3, -0.25) is 19.3 Å². The van der Waals surface area contributed by atoms with Crippen molar-refractivity contribution in [1.82, 2.24) is 40.4 Å². The predicted octanol–water partition coefficient (Wildman–Crippen LogP) is 7.18. The minimum atomic E-state index is -0.531. The van der Waals surface area contributed by atoms with Crippen LogP contribution in [-0.4, -0.2) is 115 Å². The van der Waals surface area contributed by atoms with Crippen molar-refractivity contribution >= 4 is 25.1 Å². The first-order valence-electron chi connectivity index (χ1n) is 22.0. The van der Waals surface area contributed by atoms with E-state index in [-0.39, 0.29) is 23.9 Å². The van der Waals surface area contributed by atoms with Gasteiger partial charge in [0, 0.05) is 26.3 Å². The van der Waals surface area contributed by atoms with Crippen LogP contribution in [0.2, 0.25) is 0 Å². The number of hydrogen-bond acceptors (Lipinski definition) is 10. The lowest BCUT2D eigenvalue weighted by Crippen LogP contribution is -2.48. The summed E-state index contributed by atoms with van der Waals surface area (Å²) in [6.45, 7) is 10.1. The number of aromatic nitrogens is 4. The number of amides is 2. The minimum absolute atomic E-state index is 0.00874. The van der Waals surface area contributed by atoms with Gasteiger partial charge >= 0.3 is 0 Å². The zero-order chi connectivity index (χ0) is 44.9. The van der Waals surface area contributed by atoms with Gasteiger partial charge in [-0.05, 0) is 117 Å². The molecule has 14 nitrogen and oxygen atoms in total. The highest BCUT2D eigenvalue weighted by molar-refractivity contribution is 5.85. The molecule has 6 unspecified atom stereocenters. The molecule has 4 N–H and O–H groups in total. The number of likely N-dealkylation sites (N-methyl/N-ethyl adjacent to an activating group) is 1. The third kappa shape index (κ3) is 10.9. The summed E-state index contributed by atoms with van der Waals surface area (Å²) < 4.78 is 8.11. The summed E-state index contributed by atoms with van der Waals surface area (Å²) in [5.41, 5.74) is 10.2. The fraction of sp³-hybridized carbons (Fsp3) is 0.542. The highest BCUT2D eigenvalue weighted by Crippen LogP contribution is 2.58. The molecule has 4 heterocycles. The molecule has 2 aromatic heterocycles. The van der Waals surface area contributed by atoms with E-state index in [1.165, 1.54) is 61.5 Å². The number of carbonyl (C=O) groups is 4. The van der Waals surface area contributed by atoms with Gasteiger partial charge in [0.2, 0.25) is 12.3 Å². The first-order chi connectivity index (χ1) is 30.0. The molecule has 2 bridgehead atoms. The zero-order valence-electron chi connectivity index (χ0n) is 38.1. The number of benzene rings is 2. The van der Waals surface area contributed by atoms with E-state index < -0.39 is 6.04 Å². The molecule has 6 atom stereocenters. The second kappa shape index (κ2) is 22.8. The summed E-state index contributed by atoms with van der Waals surface area (Å²) in [6.07, 6.45) is 13.5. The number of carbonyl (C=O) groups excluding carboxylic acids is 4. The molecule has 4 aliphatic rings. The Morgan fingerprint density at radius 2 is 1.32 bits per heavy atom. The quantitative estimate of drug-likeness (QED) is 0.101. The Hall–Kier alpha value is -5.18. The van der Waals surface area contributed by atoms with Crippen LogP contribution in [0.1, 0.15) is 119 Å². The van der Waals surface area contributed by atoms with Gasteiger partial charge in [0.15, 0.2) is 0 Å². The van der Waals surface area contributed by atoms with Crippen molar-refractivity contribution in [1.29, 1.82) is 0 Å². The predicted molar refractivity (Wildman–Crippen MR) is 242 cm³/mol. The van der Waals surface area contributed by atoms with Gasteiger partial charge in [0.25, 0.3) is 6.47 Å². The molecule has 2 aromatic carbocycles. The Morgan fingerprint density at radius 3 is 1.85 bits per heavy atom. The molecule has 8 rings (SSSR count). The molecule has 2 aliphatic carbocycles. The highest BCUT2D eigenvalue weighted by Gasteiger charge is 2.41. The van der Waals surface area contributed by atoms with E-state index in [9.17, 15) is 14.4 Å². The van der Waals surface area contributed by atoms with Gasteiger partial charge in [-0.25, -0.2) is 9.97 Å². The van der Waals surface area contributed by atoms with Crippen molar-refractivity contribution in [2.75, 3.05) is 48.5 Å². The first kappa shape index (κ1) is 47.9. The van der Waals surface area contributed by atoms with Crippen LogP contribution in [0.15, 0.2) is 48.8 Å². The summed E-state index contributed by atoms with van der Waals surface area (Å²) in [7, 11) is 8.55. The van der Waals surface area contributed by atoms with E-state index in [1.54, 1.807) is 26.8 Å². The molecule has 1 saturated carbocycles. The number of hydrogen-bond donors (Lipinski definition) is 4. The standard InChI is InChI=1S/C38H45N7O2.C6H13NO.C2H4O2.C2H6O/c1-22(2)35(41-21-46)38(47)45-17-5-7-32(45)37-39-19-29(42-37)24-10-8-23(9-11-24)27-14-15-28(34-26-13-12-25(18-26)33(27)34)30-20-40-36(43-30)31-6-4-16-44(31)3;1-5(2)6(4-8)7-3;1-4-2-3;1-3-2/h8-11,14-15,19-22,25-26,31-32,35H,4-7,12-13,16-18H2,1-3H3,(H,39,42)(H,40,43)(H,41,46);4-7H,1-3H3;2H,1H3;1-2H3. The van der Waals surface area contributed by atoms with Crippen molar-refractivity contribution in [3.63, 3.8) is 0 Å². The Kier molecular flexibility index (Phi) is 17.6. The number of methoxy groups -OCH3 is 2. The summed E-state index contributed by atoms with van der Waals surface area (Å²) in [6, 6.07) is 13.3. The third-order valence-corrected chi connectivity index (χ3v) is 12.7. The lowest BCUT2D eigenvalue weighted by atomic mass is 9.82. The van der Waals surface area contributed by atoms with Crippen molar-refractivity contribution in [2.45, 2.75) is 109 Å². The SMILES string of the molecule is CC(C)C(NC=O)C(=O)N1CCCC1c1ncc(-c2ccc(-c3ccc(-c4cnc(C5CCCN5C)[nH]4)c4c3C3CCC4C3)cc2)[nH]1.CNC(C=O)C(C)C.COC.COC=O. The summed E-state index contributed by atoms with van der Waals surface area (Å²) in [5.74, 6) is 3.51. The van der Waals surface area contributed by atoms with Crippen LogP contribution in [0.5, 0.6) is 0 Å². The average Bonchev–Trinajstić information content (AvgIpc) is 4.14. The van der Waals surface area contributed by atoms with Crippen molar-refractivity contribution < 1.29 is 28.7 Å². The van der Waals surface area contributed by atoms with Gasteiger partial charge in [-0.2, -0.15) is 0 Å². The average molecular weight is 853 g/mol. The molecule has 0 radical (unpaired) electrons. The maximum absolute atomic E-state index is 13.4. The number of aromatic amines is 2. The Bertz CT molecular complexity index is 2060. The first-order valence-corrected chi connectivity index (χ1v) is 22.0. The Balaban J connectivity index is 0.000000420. The normalized spacial score (nSPS) is 20.9. The Labute approximate surface area is 367 Å². The van der Waals surface area contributed by atoms with E-state index in [0.29, 0.717) is 43.2 Å². The van der Waals surface area contributed by atoms with E-state index in [2.05, 4.69) is 84.6 Å². The van der Waals surface area contributed by atoms with Crippen LogP contribution < -0.4 is 10.6 Å². The smallest absolute Gasteiger partial charge is 0.292 e. The van der Waals surface area contributed by atoms with Gasteiger partial charge in [-0.1, -0.05) is 64.1 Å². The number of fused-ring (bicyclic) bond motifs is 5. The second-order valence-electron chi connectivity index (χ2n) is 17.4. The highest BCUT2D eigenvalue weighted by atomic mass is 16.5. The molecule has 0 spiro atoms. The van der Waals surface area contributed by atoms with Gasteiger partial charge in [-0.15, -0.1) is 0 Å². The second-order valence-corrected chi connectivity index (χ2v) is 17.4. The molecule has 14 heteroatoms. The topological polar surface area (TPSA) is 175 Å². The van der Waals surface area contributed by atoms with E-state index >= 15 is 0 Å². The van der Waals surface area contributed by atoms with E-state index in [1.807, 2.05) is 38.8 Å². The van der Waals surface area contributed by atoms with Gasteiger partial charge < -0.3 is 39.8 Å². The number of nitrogens with one attached hydrogen (secondary N) is 4. The summed E-state index contributed by atoms with van der Waals surface area (Å²) in [4.78, 5) is 64.7. The van der Waals surface area contributed by atoms with Crippen LogP contribution in [0.4, 0.5) is 0 Å². The fourth-order valence-electron chi connectivity index (χ4n) is 9.56. The van der Waals surface area contributed by atoms with Crippen LogP contribution in [0.3, 0.4) is 0 Å². The third-order valence-electron chi connectivity index (χ3n) is 12.7. The lowest BCUT2D eigenvalue weighted by Gasteiger charge is -2.29. The number of likely N-dealkylation sites (tertiary alicyclic amines) is 2. The number of rotatable bonds is 13. The fourth-order valence-corrected chi connectivity index (χ4v) is 9.56. The number of aldehydes is 1. The molecular formula is C48H68N8O6. The number of nitrogens with zero attached hydrogens (tertiary/aromatic N) is 4. The van der Waals surface area contributed by atoms with Crippen molar-refractivity contribution in [3.05, 3.63) is 71.6 Å². The largest absolute Gasteiger partial charge is 0.471 e. The van der Waals surface area contributed by atoms with Gasteiger partial charge in [0.1, 0.15) is 24.0 Å². The van der Waals surface area contributed by atoms with Crippen LogP contribution >= 0.6 is 0 Å². The van der Waals surface area contributed by atoms with Crippen molar-refractivity contribution in [3.8, 4) is 33.6 Å². The van der Waals surface area contributed by atoms with Gasteiger partial charge in [0.05, 0.1) is 49.0 Å². The molecule has 2 aliphatic heterocycles.